The van der Waals surface area contributed by atoms with Gasteiger partial charge in [0, 0.05) is 22.4 Å². The summed E-state index contributed by atoms with van der Waals surface area (Å²) in [6.07, 6.45) is 0. The molecule has 0 unspecified atom stereocenters. The van der Waals surface area contributed by atoms with Crippen LogP contribution < -0.4 is 5.32 Å². The Bertz CT molecular complexity index is 2940. The maximum Gasteiger partial charge on any atom is 0.0714 e. The largest absolute Gasteiger partial charge is 0.355 e. The molecule has 11 rings (SSSR count). The number of fused-ring (bicyclic) bond motifs is 8. The lowest BCUT2D eigenvalue weighted by atomic mass is 9.66. The van der Waals surface area contributed by atoms with Gasteiger partial charge in [-0.3, -0.25) is 0 Å². The van der Waals surface area contributed by atoms with Crippen molar-refractivity contribution in [3.63, 3.8) is 0 Å². The van der Waals surface area contributed by atoms with Gasteiger partial charge in [-0.25, -0.2) is 0 Å². The Hall–Kier alpha value is -6.96. The Morgan fingerprint density at radius 2 is 0.860 bits per heavy atom. The first-order chi connectivity index (χ1) is 28.0. The molecule has 0 spiro atoms. The molecule has 0 saturated carbocycles. The zero-order valence-electron chi connectivity index (χ0n) is 32.1. The molecule has 0 saturated heterocycles. The lowest BCUT2D eigenvalue weighted by molar-refractivity contribution is 0.660. The van der Waals surface area contributed by atoms with E-state index in [0.717, 1.165) is 11.4 Å². The second-order valence-corrected chi connectivity index (χ2v) is 16.1. The molecule has 270 valence electrons. The predicted molar refractivity (Wildman–Crippen MR) is 239 cm³/mol. The quantitative estimate of drug-likeness (QED) is 0.180. The predicted octanol–water partition coefficient (Wildman–Crippen LogP) is 14.6. The van der Waals surface area contributed by atoms with E-state index in [2.05, 4.69) is 225 Å². The van der Waals surface area contributed by atoms with E-state index >= 15 is 0 Å². The average molecular weight is 728 g/mol. The van der Waals surface area contributed by atoms with Crippen LogP contribution in [0.15, 0.2) is 206 Å². The number of anilines is 2. The molecule has 0 heterocycles. The molecule has 1 nitrogen and oxygen atoms in total. The minimum absolute atomic E-state index is 0.221. The van der Waals surface area contributed by atoms with Gasteiger partial charge in [0.25, 0.3) is 0 Å². The van der Waals surface area contributed by atoms with Crippen molar-refractivity contribution in [3.05, 3.63) is 240 Å². The van der Waals surface area contributed by atoms with Gasteiger partial charge in [0.15, 0.2) is 0 Å². The van der Waals surface area contributed by atoms with Crippen molar-refractivity contribution in [2.75, 3.05) is 5.32 Å². The van der Waals surface area contributed by atoms with E-state index in [9.17, 15) is 0 Å². The van der Waals surface area contributed by atoms with Crippen LogP contribution in [0, 0.1) is 0 Å². The van der Waals surface area contributed by atoms with Crippen molar-refractivity contribution in [3.8, 4) is 44.5 Å². The third kappa shape index (κ3) is 4.95. The average Bonchev–Trinajstić information content (AvgIpc) is 3.68. The van der Waals surface area contributed by atoms with Gasteiger partial charge in [0.1, 0.15) is 0 Å². The number of benzene rings is 9. The monoisotopic (exact) mass is 727 g/mol. The van der Waals surface area contributed by atoms with Crippen LogP contribution in [0.2, 0.25) is 0 Å². The van der Waals surface area contributed by atoms with E-state index in [1.54, 1.807) is 0 Å². The van der Waals surface area contributed by atoms with Crippen molar-refractivity contribution in [2.45, 2.75) is 24.7 Å². The van der Waals surface area contributed by atoms with Crippen molar-refractivity contribution in [2.24, 2.45) is 0 Å². The summed E-state index contributed by atoms with van der Waals surface area (Å²) >= 11 is 0. The fourth-order valence-corrected chi connectivity index (χ4v) is 10.1. The van der Waals surface area contributed by atoms with Crippen LogP contribution in [0.3, 0.4) is 0 Å². The van der Waals surface area contributed by atoms with Gasteiger partial charge in [-0.05, 0) is 119 Å². The van der Waals surface area contributed by atoms with Crippen molar-refractivity contribution >= 4 is 22.1 Å². The minimum Gasteiger partial charge on any atom is -0.355 e. The van der Waals surface area contributed by atoms with E-state index in [-0.39, 0.29) is 5.41 Å². The lowest BCUT2D eigenvalue weighted by Gasteiger charge is -2.34. The molecule has 2 aliphatic rings. The Kier molecular flexibility index (Phi) is 7.50. The highest BCUT2D eigenvalue weighted by molar-refractivity contribution is 6.10. The van der Waals surface area contributed by atoms with Gasteiger partial charge in [-0.15, -0.1) is 0 Å². The first-order valence-corrected chi connectivity index (χ1v) is 20.0. The van der Waals surface area contributed by atoms with E-state index in [1.165, 1.54) is 88.7 Å². The molecule has 0 bridgehead atoms. The number of para-hydroxylation sites is 1. The lowest BCUT2D eigenvalue weighted by Crippen LogP contribution is -2.28. The van der Waals surface area contributed by atoms with Gasteiger partial charge >= 0.3 is 0 Å². The van der Waals surface area contributed by atoms with Gasteiger partial charge < -0.3 is 5.32 Å². The molecule has 1 N–H and O–H groups in total. The number of hydrogen-bond donors (Lipinski definition) is 1. The zero-order valence-corrected chi connectivity index (χ0v) is 32.1. The van der Waals surface area contributed by atoms with Crippen LogP contribution in [-0.2, 0) is 10.8 Å². The molecule has 9 aromatic carbocycles. The fraction of sp³-hybridized carbons (Fsp3) is 0.0714. The topological polar surface area (TPSA) is 12.0 Å². The Balaban J connectivity index is 1.16. The van der Waals surface area contributed by atoms with Crippen molar-refractivity contribution < 1.29 is 0 Å². The molecule has 1 heteroatoms. The van der Waals surface area contributed by atoms with Gasteiger partial charge in [0.2, 0.25) is 0 Å². The highest BCUT2D eigenvalue weighted by Crippen LogP contribution is 2.62. The van der Waals surface area contributed by atoms with Crippen LogP contribution in [0.1, 0.15) is 47.2 Å². The summed E-state index contributed by atoms with van der Waals surface area (Å²) in [7, 11) is 0. The number of nitrogens with one attached hydrogen (secondary N) is 1. The standard InChI is InChI=1S/C56H41N/c1-55(2)49-33-41(57-53-30-18-17-27-42(53)37-19-7-3-8-20-37)31-32-44(49)47-35-51-48(36-50(47)55)54-45-29-16-15-28-43(45)46(38-21-9-4-10-22-38)34-52(54)56(51,39-23-11-5-12-24-39)40-25-13-6-14-26-40/h3-36,57H,1-2H3. The van der Waals surface area contributed by atoms with Crippen LogP contribution in [0.4, 0.5) is 11.4 Å². The molecule has 57 heavy (non-hydrogen) atoms. The maximum absolute atomic E-state index is 3.82. The maximum atomic E-state index is 3.82. The summed E-state index contributed by atoms with van der Waals surface area (Å²) in [5.74, 6) is 0. The highest BCUT2D eigenvalue weighted by Gasteiger charge is 2.49. The van der Waals surface area contributed by atoms with E-state index < -0.39 is 5.41 Å². The second-order valence-electron chi connectivity index (χ2n) is 16.1. The molecule has 0 aliphatic heterocycles. The van der Waals surface area contributed by atoms with E-state index in [0.29, 0.717) is 0 Å². The molecule has 2 aliphatic carbocycles. The molecule has 0 amide bonds. The van der Waals surface area contributed by atoms with E-state index in [4.69, 9.17) is 0 Å². The smallest absolute Gasteiger partial charge is 0.0714 e. The van der Waals surface area contributed by atoms with Crippen molar-refractivity contribution in [1.82, 2.24) is 0 Å². The summed E-state index contributed by atoms with van der Waals surface area (Å²) in [4.78, 5) is 0. The Morgan fingerprint density at radius 3 is 1.53 bits per heavy atom. The summed E-state index contributed by atoms with van der Waals surface area (Å²) < 4.78 is 0. The highest BCUT2D eigenvalue weighted by atomic mass is 14.9. The SMILES string of the molecule is CC1(C)c2cc(Nc3ccccc3-c3ccccc3)ccc2-c2cc3c(cc21)-c1c(cc(-c2ccccc2)c2ccccc12)C3(c1ccccc1)c1ccccc1. The fourth-order valence-electron chi connectivity index (χ4n) is 10.1. The molecule has 0 aromatic heterocycles. The summed E-state index contributed by atoms with van der Waals surface area (Å²) in [5, 5.41) is 6.39. The Morgan fingerprint density at radius 1 is 0.351 bits per heavy atom. The zero-order chi connectivity index (χ0) is 38.1. The second kappa shape index (κ2) is 12.8. The van der Waals surface area contributed by atoms with Gasteiger partial charge in [-0.1, -0.05) is 184 Å². The summed E-state index contributed by atoms with van der Waals surface area (Å²) in [6.45, 7) is 4.81. The third-order valence-electron chi connectivity index (χ3n) is 12.7. The van der Waals surface area contributed by atoms with Crippen LogP contribution in [-0.4, -0.2) is 0 Å². The molecule has 0 radical (unpaired) electrons. The number of hydrogen-bond acceptors (Lipinski definition) is 1. The minimum atomic E-state index is -0.536. The molecule has 9 aromatic rings. The first-order valence-electron chi connectivity index (χ1n) is 20.0. The number of rotatable bonds is 6. The van der Waals surface area contributed by atoms with Crippen molar-refractivity contribution in [1.29, 1.82) is 0 Å². The van der Waals surface area contributed by atoms with Gasteiger partial charge in [-0.2, -0.15) is 0 Å². The van der Waals surface area contributed by atoms with E-state index in [1.807, 2.05) is 0 Å². The summed E-state index contributed by atoms with van der Waals surface area (Å²) in [6, 6.07) is 76.2. The molecule has 0 fully saturated rings. The normalized spacial score (nSPS) is 14.1. The third-order valence-corrected chi connectivity index (χ3v) is 12.7. The van der Waals surface area contributed by atoms with Crippen LogP contribution in [0.5, 0.6) is 0 Å². The molecular formula is C56H41N. The molecular weight excluding hydrogens is 687 g/mol. The van der Waals surface area contributed by atoms with Crippen LogP contribution in [0.25, 0.3) is 55.3 Å². The van der Waals surface area contributed by atoms with Gasteiger partial charge in [0.05, 0.1) is 5.41 Å². The Labute approximate surface area is 335 Å². The summed E-state index contributed by atoms with van der Waals surface area (Å²) in [5.41, 5.74) is 19.6. The first kappa shape index (κ1) is 33.4. The van der Waals surface area contributed by atoms with Crippen LogP contribution >= 0.6 is 0 Å². The molecule has 0 atom stereocenters.